The summed E-state index contributed by atoms with van der Waals surface area (Å²) in [5.41, 5.74) is 3.37. The Balaban J connectivity index is 2.84. The van der Waals surface area contributed by atoms with Crippen molar-refractivity contribution in [3.05, 3.63) is 35.9 Å². The maximum absolute atomic E-state index is 12.0. The molecule has 0 heterocycles. The lowest BCUT2D eigenvalue weighted by atomic mass is 10.2. The molecule has 1 aromatic rings. The third kappa shape index (κ3) is 4.20. The van der Waals surface area contributed by atoms with E-state index >= 15 is 0 Å². The first kappa shape index (κ1) is 13.0. The zero-order chi connectivity index (χ0) is 11.9. The van der Waals surface area contributed by atoms with Crippen molar-refractivity contribution in [2.24, 2.45) is 0 Å². The van der Waals surface area contributed by atoms with E-state index in [1.165, 1.54) is 0 Å². The number of hydrogen-bond acceptors (Lipinski definition) is 3. The molecular formula is C12H15O3P. The van der Waals surface area contributed by atoms with Gasteiger partial charge in [0.2, 0.25) is 0 Å². The lowest BCUT2D eigenvalue weighted by Crippen LogP contribution is -1.93. The van der Waals surface area contributed by atoms with Crippen LogP contribution >= 0.6 is 7.60 Å². The minimum absolute atomic E-state index is 0.320. The molecule has 0 fully saturated rings. The largest absolute Gasteiger partial charge is 0.405 e. The highest BCUT2D eigenvalue weighted by Gasteiger charge is 2.19. The van der Waals surface area contributed by atoms with Gasteiger partial charge in [0.05, 0.1) is 13.2 Å². The molecule has 0 bridgehead atoms. The van der Waals surface area contributed by atoms with Gasteiger partial charge in [0.15, 0.2) is 0 Å². The van der Waals surface area contributed by atoms with E-state index in [4.69, 9.17) is 9.05 Å². The van der Waals surface area contributed by atoms with Crippen molar-refractivity contribution >= 4 is 7.60 Å². The fourth-order valence-corrected chi connectivity index (χ4v) is 2.25. The molecule has 0 radical (unpaired) electrons. The van der Waals surface area contributed by atoms with Gasteiger partial charge in [-0.2, -0.15) is 0 Å². The van der Waals surface area contributed by atoms with Gasteiger partial charge in [-0.3, -0.25) is 9.05 Å². The van der Waals surface area contributed by atoms with Crippen LogP contribution < -0.4 is 0 Å². The summed E-state index contributed by atoms with van der Waals surface area (Å²) in [7, 11) is -3.25. The third-order valence-corrected chi connectivity index (χ3v) is 3.29. The highest BCUT2D eigenvalue weighted by molar-refractivity contribution is 7.59. The van der Waals surface area contributed by atoms with Gasteiger partial charge in [-0.15, -0.1) is 0 Å². The fraction of sp³-hybridized carbons (Fsp3) is 0.333. The quantitative estimate of drug-likeness (QED) is 0.596. The predicted molar refractivity (Wildman–Crippen MR) is 64.2 cm³/mol. The van der Waals surface area contributed by atoms with E-state index in [9.17, 15) is 4.57 Å². The minimum atomic E-state index is -3.25. The summed E-state index contributed by atoms with van der Waals surface area (Å²) in [6, 6.07) is 9.33. The van der Waals surface area contributed by atoms with Gasteiger partial charge in [-0.05, 0) is 26.0 Å². The van der Waals surface area contributed by atoms with E-state index < -0.39 is 7.60 Å². The van der Waals surface area contributed by atoms with Crippen molar-refractivity contribution in [1.29, 1.82) is 0 Å². The average molecular weight is 238 g/mol. The Bertz CT molecular complexity index is 407. The molecule has 0 amide bonds. The predicted octanol–water partition coefficient (Wildman–Crippen LogP) is 3.26. The Morgan fingerprint density at radius 3 is 2.19 bits per heavy atom. The molecule has 0 unspecified atom stereocenters. The first-order valence-corrected chi connectivity index (χ1v) is 6.72. The van der Waals surface area contributed by atoms with Crippen LogP contribution in [0, 0.1) is 11.6 Å². The molecule has 0 aromatic heterocycles. The Morgan fingerprint density at radius 1 is 1.12 bits per heavy atom. The van der Waals surface area contributed by atoms with E-state index in [0.29, 0.717) is 13.2 Å². The second-order valence-corrected chi connectivity index (χ2v) is 4.67. The first-order chi connectivity index (χ1) is 7.70. The van der Waals surface area contributed by atoms with Crippen molar-refractivity contribution in [3.8, 4) is 11.6 Å². The molecule has 1 rings (SSSR count). The van der Waals surface area contributed by atoms with Gasteiger partial charge < -0.3 is 0 Å². The smallest absolute Gasteiger partial charge is 0.300 e. The number of benzene rings is 1. The van der Waals surface area contributed by atoms with Crippen LogP contribution in [-0.4, -0.2) is 13.2 Å². The molecule has 16 heavy (non-hydrogen) atoms. The molecule has 0 saturated carbocycles. The summed E-state index contributed by atoms with van der Waals surface area (Å²) in [5.74, 6) is 2.79. The van der Waals surface area contributed by atoms with Crippen LogP contribution in [0.15, 0.2) is 30.3 Å². The van der Waals surface area contributed by atoms with Gasteiger partial charge in [0, 0.05) is 11.2 Å². The fourth-order valence-electron chi connectivity index (χ4n) is 1.10. The Morgan fingerprint density at radius 2 is 1.69 bits per heavy atom. The summed E-state index contributed by atoms with van der Waals surface area (Å²) in [6.45, 7) is 4.16. The number of hydrogen-bond donors (Lipinski definition) is 0. The third-order valence-electron chi connectivity index (χ3n) is 1.71. The summed E-state index contributed by atoms with van der Waals surface area (Å²) in [5, 5.41) is 0. The molecule has 4 heteroatoms. The lowest BCUT2D eigenvalue weighted by molar-refractivity contribution is 0.230. The molecule has 1 aromatic carbocycles. The molecule has 0 saturated heterocycles. The maximum atomic E-state index is 12.0. The zero-order valence-corrected chi connectivity index (χ0v) is 10.4. The highest BCUT2D eigenvalue weighted by atomic mass is 31.2. The van der Waals surface area contributed by atoms with E-state index in [2.05, 4.69) is 11.6 Å². The Kier molecular flexibility index (Phi) is 5.28. The van der Waals surface area contributed by atoms with Crippen molar-refractivity contribution in [1.82, 2.24) is 0 Å². The maximum Gasteiger partial charge on any atom is 0.405 e. The van der Waals surface area contributed by atoms with Crippen LogP contribution in [-0.2, 0) is 13.6 Å². The monoisotopic (exact) mass is 238 g/mol. The first-order valence-electron chi connectivity index (χ1n) is 5.17. The minimum Gasteiger partial charge on any atom is -0.300 e. The summed E-state index contributed by atoms with van der Waals surface area (Å²) >= 11 is 0. The van der Waals surface area contributed by atoms with Crippen LogP contribution in [0.5, 0.6) is 0 Å². The molecule has 0 spiro atoms. The second kappa shape index (κ2) is 6.50. The average Bonchev–Trinajstić information content (AvgIpc) is 2.29. The van der Waals surface area contributed by atoms with Crippen molar-refractivity contribution < 1.29 is 13.6 Å². The summed E-state index contributed by atoms with van der Waals surface area (Å²) in [6.07, 6.45) is 0. The van der Waals surface area contributed by atoms with Crippen molar-refractivity contribution in [2.75, 3.05) is 13.2 Å². The van der Waals surface area contributed by atoms with Gasteiger partial charge in [0.25, 0.3) is 0 Å². The van der Waals surface area contributed by atoms with Crippen LogP contribution in [0.3, 0.4) is 0 Å². The van der Waals surface area contributed by atoms with Crippen LogP contribution in [0.4, 0.5) is 0 Å². The van der Waals surface area contributed by atoms with Gasteiger partial charge in [-0.25, -0.2) is 4.57 Å². The van der Waals surface area contributed by atoms with Gasteiger partial charge in [0.1, 0.15) is 0 Å². The van der Waals surface area contributed by atoms with E-state index in [1.54, 1.807) is 13.8 Å². The van der Waals surface area contributed by atoms with E-state index in [0.717, 1.165) is 5.56 Å². The number of rotatable bonds is 4. The van der Waals surface area contributed by atoms with Crippen molar-refractivity contribution in [3.63, 3.8) is 0 Å². The molecule has 86 valence electrons. The lowest BCUT2D eigenvalue weighted by Gasteiger charge is -2.09. The van der Waals surface area contributed by atoms with E-state index in [1.807, 2.05) is 30.3 Å². The normalized spacial score (nSPS) is 10.6. The van der Waals surface area contributed by atoms with Crippen LogP contribution in [0.1, 0.15) is 19.4 Å². The van der Waals surface area contributed by atoms with Crippen molar-refractivity contribution in [2.45, 2.75) is 13.8 Å². The molecule has 0 aliphatic rings. The molecule has 0 aliphatic heterocycles. The molecule has 0 aliphatic carbocycles. The molecular weight excluding hydrogens is 223 g/mol. The summed E-state index contributed by atoms with van der Waals surface area (Å²) < 4.78 is 22.1. The molecule has 0 atom stereocenters. The van der Waals surface area contributed by atoms with Gasteiger partial charge >= 0.3 is 7.60 Å². The van der Waals surface area contributed by atoms with Crippen LogP contribution in [0.25, 0.3) is 0 Å². The SMILES string of the molecule is CCOP(=O)(C#Cc1ccccc1)OCC. The van der Waals surface area contributed by atoms with E-state index in [-0.39, 0.29) is 0 Å². The highest BCUT2D eigenvalue weighted by Crippen LogP contribution is 2.46. The second-order valence-electron chi connectivity index (χ2n) is 2.94. The zero-order valence-electron chi connectivity index (χ0n) is 9.47. The summed E-state index contributed by atoms with van der Waals surface area (Å²) in [4.78, 5) is 0. The molecule has 3 nitrogen and oxygen atoms in total. The topological polar surface area (TPSA) is 35.5 Å². The van der Waals surface area contributed by atoms with Gasteiger partial charge in [-0.1, -0.05) is 24.1 Å². The van der Waals surface area contributed by atoms with Crippen LogP contribution in [0.2, 0.25) is 0 Å². The molecule has 0 N–H and O–H groups in total. The Hall–Kier alpha value is -1.07. The standard InChI is InChI=1S/C12H15O3P/c1-3-14-16(13,15-4-2)11-10-12-8-6-5-7-9-12/h5-9H,3-4H2,1-2H3. The Labute approximate surface area is 96.3 Å².